The minimum atomic E-state index is -1.01. The lowest BCUT2D eigenvalue weighted by molar-refractivity contribution is -0.120. The van der Waals surface area contributed by atoms with Crippen LogP contribution >= 0.6 is 0 Å². The van der Waals surface area contributed by atoms with Gasteiger partial charge in [0, 0.05) is 0 Å². The molecule has 2 aromatic carbocycles. The van der Waals surface area contributed by atoms with E-state index in [0.717, 1.165) is 18.2 Å². The molecule has 2 rings (SSSR count). The summed E-state index contributed by atoms with van der Waals surface area (Å²) in [4.78, 5) is 10.1. The number of ether oxygens (including phenoxy) is 1. The molecule has 0 bridgehead atoms. The Morgan fingerprint density at radius 3 is 2.00 bits per heavy atom. The molecule has 0 aromatic heterocycles. The summed E-state index contributed by atoms with van der Waals surface area (Å²) in [5, 5.41) is 0. The highest BCUT2D eigenvalue weighted by Crippen LogP contribution is 2.26. The standard InChI is InChI=1S/C13H7F3O2/c14-10-3-1-8(5-11(10)15)9-2-4-13(18-7-17)12(16)6-9/h1-7H. The molecule has 0 fully saturated rings. The molecule has 0 N–H and O–H groups in total. The second kappa shape index (κ2) is 4.91. The first-order valence-electron chi connectivity index (χ1n) is 4.97. The highest BCUT2D eigenvalue weighted by Gasteiger charge is 2.08. The van der Waals surface area contributed by atoms with Gasteiger partial charge in [-0.05, 0) is 35.4 Å². The van der Waals surface area contributed by atoms with Crippen molar-refractivity contribution >= 4 is 6.47 Å². The number of carbonyl (C=O) groups excluding carboxylic acids is 1. The molecular weight excluding hydrogens is 245 g/mol. The first-order valence-corrected chi connectivity index (χ1v) is 4.97. The van der Waals surface area contributed by atoms with Gasteiger partial charge in [-0.25, -0.2) is 13.2 Å². The summed E-state index contributed by atoms with van der Waals surface area (Å²) in [7, 11) is 0. The van der Waals surface area contributed by atoms with Crippen molar-refractivity contribution in [3.05, 3.63) is 53.8 Å². The highest BCUT2D eigenvalue weighted by molar-refractivity contribution is 5.65. The molecular formula is C13H7F3O2. The quantitative estimate of drug-likeness (QED) is 0.783. The van der Waals surface area contributed by atoms with E-state index < -0.39 is 17.5 Å². The lowest BCUT2D eigenvalue weighted by Crippen LogP contribution is -1.93. The van der Waals surface area contributed by atoms with Gasteiger partial charge in [0.05, 0.1) is 0 Å². The normalized spacial score (nSPS) is 10.2. The molecule has 92 valence electrons. The fraction of sp³-hybridized carbons (Fsp3) is 0. The summed E-state index contributed by atoms with van der Waals surface area (Å²) < 4.78 is 43.6. The van der Waals surface area contributed by atoms with E-state index in [-0.39, 0.29) is 12.2 Å². The Kier molecular flexibility index (Phi) is 3.32. The number of hydrogen-bond acceptors (Lipinski definition) is 2. The molecule has 0 heterocycles. The van der Waals surface area contributed by atoms with Crippen molar-refractivity contribution in [2.24, 2.45) is 0 Å². The van der Waals surface area contributed by atoms with E-state index in [9.17, 15) is 18.0 Å². The second-order valence-electron chi connectivity index (χ2n) is 3.49. The van der Waals surface area contributed by atoms with Crippen LogP contribution in [0.3, 0.4) is 0 Å². The largest absolute Gasteiger partial charge is 0.426 e. The zero-order valence-corrected chi connectivity index (χ0v) is 8.99. The summed E-state index contributed by atoms with van der Waals surface area (Å²) >= 11 is 0. The molecule has 0 aliphatic carbocycles. The number of rotatable bonds is 3. The van der Waals surface area contributed by atoms with E-state index in [1.54, 1.807) is 0 Å². The summed E-state index contributed by atoms with van der Waals surface area (Å²) in [5.41, 5.74) is 0.676. The van der Waals surface area contributed by atoms with E-state index >= 15 is 0 Å². The Hall–Kier alpha value is -2.30. The van der Waals surface area contributed by atoms with Crippen LogP contribution in [0.1, 0.15) is 0 Å². The van der Waals surface area contributed by atoms with Crippen LogP contribution in [0.25, 0.3) is 11.1 Å². The zero-order chi connectivity index (χ0) is 13.1. The van der Waals surface area contributed by atoms with Crippen LogP contribution in [0.2, 0.25) is 0 Å². The topological polar surface area (TPSA) is 26.3 Å². The molecule has 0 radical (unpaired) electrons. The molecule has 2 aromatic rings. The van der Waals surface area contributed by atoms with Crippen LogP contribution in [-0.4, -0.2) is 6.47 Å². The molecule has 18 heavy (non-hydrogen) atoms. The Morgan fingerprint density at radius 2 is 1.44 bits per heavy atom. The predicted octanol–water partition coefficient (Wildman–Crippen LogP) is 3.31. The smallest absolute Gasteiger partial charge is 0.298 e. The van der Waals surface area contributed by atoms with Crippen molar-refractivity contribution < 1.29 is 22.7 Å². The van der Waals surface area contributed by atoms with Gasteiger partial charge in [-0.1, -0.05) is 12.1 Å². The Balaban J connectivity index is 2.42. The van der Waals surface area contributed by atoms with Crippen LogP contribution in [0, 0.1) is 17.5 Å². The van der Waals surface area contributed by atoms with Crippen molar-refractivity contribution in [1.29, 1.82) is 0 Å². The third-order valence-electron chi connectivity index (χ3n) is 2.36. The summed E-state index contributed by atoms with van der Waals surface area (Å²) in [6.07, 6.45) is 0. The van der Waals surface area contributed by atoms with Gasteiger partial charge in [0.2, 0.25) is 0 Å². The molecule has 0 spiro atoms. The van der Waals surface area contributed by atoms with Crippen molar-refractivity contribution in [3.8, 4) is 16.9 Å². The van der Waals surface area contributed by atoms with Crippen LogP contribution in [0.4, 0.5) is 13.2 Å². The molecule has 0 atom stereocenters. The maximum Gasteiger partial charge on any atom is 0.298 e. The van der Waals surface area contributed by atoms with Gasteiger partial charge in [-0.15, -0.1) is 0 Å². The van der Waals surface area contributed by atoms with Crippen molar-refractivity contribution in [2.75, 3.05) is 0 Å². The average Bonchev–Trinajstić information content (AvgIpc) is 2.35. The van der Waals surface area contributed by atoms with Gasteiger partial charge in [0.25, 0.3) is 6.47 Å². The summed E-state index contributed by atoms with van der Waals surface area (Å²) in [6, 6.07) is 7.00. The van der Waals surface area contributed by atoms with Crippen LogP contribution < -0.4 is 4.74 Å². The van der Waals surface area contributed by atoms with Crippen LogP contribution in [0.5, 0.6) is 5.75 Å². The minimum absolute atomic E-state index is 0.107. The van der Waals surface area contributed by atoms with Gasteiger partial charge in [0.15, 0.2) is 23.2 Å². The van der Waals surface area contributed by atoms with Gasteiger partial charge in [-0.2, -0.15) is 0 Å². The number of benzene rings is 2. The lowest BCUT2D eigenvalue weighted by atomic mass is 10.1. The van der Waals surface area contributed by atoms with Crippen LogP contribution in [-0.2, 0) is 4.79 Å². The molecule has 0 saturated carbocycles. The lowest BCUT2D eigenvalue weighted by Gasteiger charge is -2.05. The molecule has 0 aliphatic heterocycles. The minimum Gasteiger partial charge on any atom is -0.426 e. The molecule has 5 heteroatoms. The van der Waals surface area contributed by atoms with Gasteiger partial charge >= 0.3 is 0 Å². The van der Waals surface area contributed by atoms with Crippen molar-refractivity contribution in [2.45, 2.75) is 0 Å². The van der Waals surface area contributed by atoms with Gasteiger partial charge < -0.3 is 4.74 Å². The Bertz CT molecular complexity index is 597. The molecule has 0 saturated heterocycles. The van der Waals surface area contributed by atoms with Gasteiger partial charge in [-0.3, -0.25) is 4.79 Å². The fourth-order valence-electron chi connectivity index (χ4n) is 1.50. The first-order chi connectivity index (χ1) is 8.61. The van der Waals surface area contributed by atoms with E-state index in [1.807, 2.05) is 0 Å². The predicted molar refractivity (Wildman–Crippen MR) is 58.4 cm³/mol. The highest BCUT2D eigenvalue weighted by atomic mass is 19.2. The van der Waals surface area contributed by atoms with Crippen LogP contribution in [0.15, 0.2) is 36.4 Å². The van der Waals surface area contributed by atoms with Crippen molar-refractivity contribution in [1.82, 2.24) is 0 Å². The van der Waals surface area contributed by atoms with Gasteiger partial charge in [0.1, 0.15) is 0 Å². The third-order valence-corrected chi connectivity index (χ3v) is 2.36. The number of hydrogen-bond donors (Lipinski definition) is 0. The van der Waals surface area contributed by atoms with E-state index in [2.05, 4.69) is 4.74 Å². The second-order valence-corrected chi connectivity index (χ2v) is 3.49. The molecule has 2 nitrogen and oxygen atoms in total. The maximum absolute atomic E-state index is 13.5. The third kappa shape index (κ3) is 2.34. The Labute approximate surface area is 101 Å². The monoisotopic (exact) mass is 252 g/mol. The fourth-order valence-corrected chi connectivity index (χ4v) is 1.50. The molecule has 0 amide bonds. The number of carbonyl (C=O) groups is 1. The average molecular weight is 252 g/mol. The first kappa shape index (κ1) is 12.2. The maximum atomic E-state index is 13.5. The SMILES string of the molecule is O=COc1ccc(-c2ccc(F)c(F)c2)cc1F. The van der Waals surface area contributed by atoms with E-state index in [4.69, 9.17) is 0 Å². The summed E-state index contributed by atoms with van der Waals surface area (Å²) in [6.45, 7) is 0.107. The molecule has 0 unspecified atom stereocenters. The van der Waals surface area contributed by atoms with Crippen molar-refractivity contribution in [3.63, 3.8) is 0 Å². The van der Waals surface area contributed by atoms with E-state index in [1.165, 1.54) is 18.2 Å². The number of halogens is 3. The zero-order valence-electron chi connectivity index (χ0n) is 8.99. The molecule has 0 aliphatic rings. The Morgan fingerprint density at radius 1 is 0.833 bits per heavy atom. The van der Waals surface area contributed by atoms with E-state index in [0.29, 0.717) is 11.1 Å². The summed E-state index contributed by atoms with van der Waals surface area (Å²) in [5.74, 6) is -2.97.